The van der Waals surface area contributed by atoms with Crippen LogP contribution in [-0.2, 0) is 17.4 Å². The van der Waals surface area contributed by atoms with Gasteiger partial charge in [0.05, 0.1) is 0 Å². The van der Waals surface area contributed by atoms with Gasteiger partial charge in [-0.3, -0.25) is 0 Å². The van der Waals surface area contributed by atoms with Crippen molar-refractivity contribution in [3.63, 3.8) is 0 Å². The van der Waals surface area contributed by atoms with Gasteiger partial charge in [0.25, 0.3) is 0 Å². The first-order valence-corrected chi connectivity index (χ1v) is 0. The molecule has 0 saturated heterocycles. The van der Waals surface area contributed by atoms with Gasteiger partial charge in [-0.25, -0.2) is 0 Å². The van der Waals surface area contributed by atoms with E-state index in [1.54, 1.807) is 0 Å². The molecule has 0 amide bonds. The largest absolute Gasteiger partial charge is 2.00 e. The van der Waals surface area contributed by atoms with Crippen LogP contribution in [0.4, 0.5) is 0 Å². The summed E-state index contributed by atoms with van der Waals surface area (Å²) in [6.07, 6.45) is 0. The van der Waals surface area contributed by atoms with Crippen molar-refractivity contribution in [3.05, 3.63) is 0 Å². The maximum atomic E-state index is 0. The second-order valence-corrected chi connectivity index (χ2v) is 0. The molecule has 0 radical (unpaired) electrons. The Bertz CT molecular complexity index is 4.14. The molecule has 52 valence electrons. The van der Waals surface area contributed by atoms with Gasteiger partial charge in [0.2, 0.25) is 0 Å². The van der Waals surface area contributed by atoms with Gasteiger partial charge in [0, 0.05) is 0 Å². The van der Waals surface area contributed by atoms with Crippen molar-refractivity contribution in [1.82, 2.24) is 0 Å². The van der Waals surface area contributed by atoms with Crippen LogP contribution in [-0.4, -0.2) is 32.9 Å². The van der Waals surface area contributed by atoms with Crippen LogP contribution in [0.5, 0.6) is 0 Å². The predicted octanol–water partition coefficient (Wildman–Crippen LogP) is -4.95. The molecule has 0 aliphatic carbocycles. The van der Waals surface area contributed by atoms with Gasteiger partial charge in [0.15, 0.2) is 0 Å². The van der Waals surface area contributed by atoms with Gasteiger partial charge >= 0.3 is 17.4 Å². The molecule has 0 aromatic rings. The van der Waals surface area contributed by atoms with Crippen LogP contribution < -0.4 is 0 Å². The summed E-state index contributed by atoms with van der Waals surface area (Å²) in [4.78, 5) is 0. The molecular weight excluding hydrogens is 148 g/mol. The fourth-order valence-corrected chi connectivity index (χ4v) is 0. The molecular formula is H12CrO6+2. The topological polar surface area (TPSA) is 189 Å². The minimum Gasteiger partial charge on any atom is -0.412 e. The molecule has 0 unspecified atom stereocenters. The standard InChI is InChI=1S/Cr.6H2O/h;6*1H2/q+2;;;;;;. The number of hydrogen-bond donors (Lipinski definition) is 0. The first-order valence-electron chi connectivity index (χ1n) is 0. The van der Waals surface area contributed by atoms with Crippen LogP contribution in [0.3, 0.4) is 0 Å². The van der Waals surface area contributed by atoms with E-state index >= 15 is 0 Å². The molecule has 0 bridgehead atoms. The molecule has 0 saturated carbocycles. The van der Waals surface area contributed by atoms with Gasteiger partial charge in [-0.1, -0.05) is 0 Å². The Balaban J connectivity index is 0. The summed E-state index contributed by atoms with van der Waals surface area (Å²) in [7, 11) is 0. The van der Waals surface area contributed by atoms with Gasteiger partial charge in [-0.2, -0.15) is 0 Å². The molecule has 0 aromatic heterocycles. The Morgan fingerprint density at radius 2 is 0.286 bits per heavy atom. The third-order valence-electron chi connectivity index (χ3n) is 0. The normalized spacial score (nSPS) is 0. The maximum absolute atomic E-state index is 0. The smallest absolute Gasteiger partial charge is 0.412 e. The van der Waals surface area contributed by atoms with Gasteiger partial charge in [0.1, 0.15) is 0 Å². The van der Waals surface area contributed by atoms with Crippen molar-refractivity contribution >= 4 is 0 Å². The Hall–Kier alpha value is 0.292. The zero-order valence-electron chi connectivity index (χ0n) is 3.41. The monoisotopic (exact) mass is 160 g/mol. The Morgan fingerprint density at radius 1 is 0.286 bits per heavy atom. The molecule has 0 rings (SSSR count). The first kappa shape index (κ1) is 3380. The second kappa shape index (κ2) is 2060. The van der Waals surface area contributed by atoms with E-state index in [9.17, 15) is 0 Å². The van der Waals surface area contributed by atoms with Crippen molar-refractivity contribution in [1.29, 1.82) is 0 Å². The summed E-state index contributed by atoms with van der Waals surface area (Å²) in [6.45, 7) is 0. The molecule has 6 nitrogen and oxygen atoms in total. The molecule has 12 N–H and O–H groups in total. The van der Waals surface area contributed by atoms with Crippen LogP contribution in [0.25, 0.3) is 0 Å². The predicted molar refractivity (Wildman–Crippen MR) is 21.7 cm³/mol. The average Bonchev–Trinajstić information content (AvgIpc) is 0. The van der Waals surface area contributed by atoms with Crippen LogP contribution in [0.15, 0.2) is 0 Å². The van der Waals surface area contributed by atoms with Crippen LogP contribution in [0.1, 0.15) is 0 Å². The van der Waals surface area contributed by atoms with Crippen LogP contribution >= 0.6 is 0 Å². The van der Waals surface area contributed by atoms with E-state index in [2.05, 4.69) is 0 Å². The van der Waals surface area contributed by atoms with E-state index in [-0.39, 0.29) is 50.2 Å². The van der Waals surface area contributed by atoms with E-state index in [0.717, 1.165) is 0 Å². The number of rotatable bonds is 0. The summed E-state index contributed by atoms with van der Waals surface area (Å²) in [5.74, 6) is 0. The van der Waals surface area contributed by atoms with E-state index in [1.807, 2.05) is 0 Å². The van der Waals surface area contributed by atoms with Gasteiger partial charge in [-0.15, -0.1) is 0 Å². The van der Waals surface area contributed by atoms with Crippen LogP contribution in [0.2, 0.25) is 0 Å². The van der Waals surface area contributed by atoms with Gasteiger partial charge < -0.3 is 32.9 Å². The molecule has 7 heavy (non-hydrogen) atoms. The molecule has 7 heteroatoms. The fraction of sp³-hybridized carbons (Fsp3) is 0. The molecule has 0 aliphatic rings. The maximum Gasteiger partial charge on any atom is 2.00 e. The van der Waals surface area contributed by atoms with E-state index in [4.69, 9.17) is 0 Å². The molecule has 0 aliphatic heterocycles. The summed E-state index contributed by atoms with van der Waals surface area (Å²) < 4.78 is 0. The van der Waals surface area contributed by atoms with Crippen molar-refractivity contribution < 1.29 is 50.2 Å². The van der Waals surface area contributed by atoms with Crippen molar-refractivity contribution in [2.24, 2.45) is 0 Å². The van der Waals surface area contributed by atoms with Crippen molar-refractivity contribution in [2.45, 2.75) is 0 Å². The summed E-state index contributed by atoms with van der Waals surface area (Å²) >= 11 is 0. The number of hydrogen-bond acceptors (Lipinski definition) is 0. The zero-order chi connectivity index (χ0) is 0. The second-order valence-electron chi connectivity index (χ2n) is 0. The summed E-state index contributed by atoms with van der Waals surface area (Å²) in [6, 6.07) is 0. The molecule has 0 atom stereocenters. The summed E-state index contributed by atoms with van der Waals surface area (Å²) in [5.41, 5.74) is 0. The SMILES string of the molecule is O.O.O.O.O.O.[Cr+2]. The van der Waals surface area contributed by atoms with E-state index in [0.29, 0.717) is 0 Å². The van der Waals surface area contributed by atoms with Gasteiger partial charge in [-0.05, 0) is 0 Å². The zero-order valence-corrected chi connectivity index (χ0v) is 4.68. The van der Waals surface area contributed by atoms with E-state index < -0.39 is 0 Å². The Labute approximate surface area is 51.1 Å². The van der Waals surface area contributed by atoms with Crippen molar-refractivity contribution in [3.8, 4) is 0 Å². The third kappa shape index (κ3) is 1360. The Morgan fingerprint density at radius 3 is 0.286 bits per heavy atom. The van der Waals surface area contributed by atoms with E-state index in [1.165, 1.54) is 0 Å². The molecule has 0 fully saturated rings. The third-order valence-corrected chi connectivity index (χ3v) is 0. The average molecular weight is 160 g/mol. The molecule has 0 aromatic carbocycles. The van der Waals surface area contributed by atoms with Crippen molar-refractivity contribution in [2.75, 3.05) is 0 Å². The molecule has 0 heterocycles. The fourth-order valence-electron chi connectivity index (χ4n) is 0. The minimum absolute atomic E-state index is 0. The quantitative estimate of drug-likeness (QED) is 0.328. The molecule has 0 spiro atoms. The van der Waals surface area contributed by atoms with Crippen LogP contribution in [0, 0.1) is 0 Å². The first-order chi connectivity index (χ1) is 0. The minimum atomic E-state index is 0. The Kier molecular flexibility index (Phi) is 994000. The summed E-state index contributed by atoms with van der Waals surface area (Å²) in [5, 5.41) is 0.